The molecule has 4 nitrogen and oxygen atoms in total. The maximum absolute atomic E-state index is 12.1. The van der Waals surface area contributed by atoms with Gasteiger partial charge in [-0.25, -0.2) is 0 Å². The van der Waals surface area contributed by atoms with Crippen LogP contribution in [0.15, 0.2) is 0 Å². The molecule has 2 atom stereocenters. The van der Waals surface area contributed by atoms with Gasteiger partial charge in [-0.1, -0.05) is 13.8 Å². The highest BCUT2D eigenvalue weighted by molar-refractivity contribution is 5.78. The number of likely N-dealkylation sites (tertiary alicyclic amines) is 2. The van der Waals surface area contributed by atoms with E-state index in [-0.39, 0.29) is 11.8 Å². The summed E-state index contributed by atoms with van der Waals surface area (Å²) in [7, 11) is 2.13. The Morgan fingerprint density at radius 2 is 1.76 bits per heavy atom. The molecule has 0 saturated carbocycles. The van der Waals surface area contributed by atoms with Crippen molar-refractivity contribution < 1.29 is 4.79 Å². The van der Waals surface area contributed by atoms with Crippen molar-refractivity contribution in [1.29, 1.82) is 0 Å². The highest BCUT2D eigenvalue weighted by Gasteiger charge is 2.23. The highest BCUT2D eigenvalue weighted by atomic mass is 16.1. The molecule has 2 rings (SSSR count). The number of nitrogens with zero attached hydrogens (tertiary/aromatic N) is 2. The molecular formula is C17H33N3O. The summed E-state index contributed by atoms with van der Waals surface area (Å²) in [5, 5.41) is 3.15. The Hall–Kier alpha value is -0.610. The standard InChI is InChI=1S/C17H33N3O/c1-14-11-15(2)13-20(12-14)8-4-7-18-17(21)16-5-9-19(3)10-6-16/h14-16H,4-13H2,1-3H3,(H,18,21)/t14-,15+. The summed E-state index contributed by atoms with van der Waals surface area (Å²) in [6.45, 7) is 11.2. The number of hydrogen-bond donors (Lipinski definition) is 1. The van der Waals surface area contributed by atoms with Crippen LogP contribution in [0.4, 0.5) is 0 Å². The molecule has 0 unspecified atom stereocenters. The van der Waals surface area contributed by atoms with Gasteiger partial charge in [-0.05, 0) is 64.2 Å². The number of nitrogens with one attached hydrogen (secondary N) is 1. The van der Waals surface area contributed by atoms with Crippen LogP contribution in [0.1, 0.15) is 39.5 Å². The summed E-state index contributed by atoms with van der Waals surface area (Å²) in [4.78, 5) is 17.0. The van der Waals surface area contributed by atoms with Crippen molar-refractivity contribution in [2.45, 2.75) is 39.5 Å². The minimum atomic E-state index is 0.247. The summed E-state index contributed by atoms with van der Waals surface area (Å²) in [6.07, 6.45) is 4.48. The third-order valence-corrected chi connectivity index (χ3v) is 4.98. The summed E-state index contributed by atoms with van der Waals surface area (Å²) < 4.78 is 0. The molecule has 1 N–H and O–H groups in total. The Morgan fingerprint density at radius 3 is 2.38 bits per heavy atom. The lowest BCUT2D eigenvalue weighted by atomic mass is 9.92. The van der Waals surface area contributed by atoms with E-state index in [2.05, 4.69) is 36.0 Å². The lowest BCUT2D eigenvalue weighted by molar-refractivity contribution is -0.126. The van der Waals surface area contributed by atoms with Crippen LogP contribution in [-0.4, -0.2) is 62.0 Å². The first kappa shape index (κ1) is 16.8. The highest BCUT2D eigenvalue weighted by Crippen LogP contribution is 2.20. The maximum atomic E-state index is 12.1. The van der Waals surface area contributed by atoms with Crippen LogP contribution in [-0.2, 0) is 4.79 Å². The molecule has 2 saturated heterocycles. The van der Waals surface area contributed by atoms with Crippen LogP contribution in [0.5, 0.6) is 0 Å². The Kier molecular flexibility index (Phi) is 6.49. The molecule has 2 aliphatic heterocycles. The molecular weight excluding hydrogens is 262 g/mol. The van der Waals surface area contributed by atoms with E-state index in [1.54, 1.807) is 0 Å². The van der Waals surface area contributed by atoms with E-state index in [0.29, 0.717) is 0 Å². The molecule has 0 aromatic heterocycles. The fraction of sp³-hybridized carbons (Fsp3) is 0.941. The largest absolute Gasteiger partial charge is 0.356 e. The Bertz CT molecular complexity index is 316. The van der Waals surface area contributed by atoms with E-state index >= 15 is 0 Å². The van der Waals surface area contributed by atoms with Crippen molar-refractivity contribution in [3.63, 3.8) is 0 Å². The number of hydrogen-bond acceptors (Lipinski definition) is 3. The van der Waals surface area contributed by atoms with Crippen LogP contribution < -0.4 is 5.32 Å². The third-order valence-electron chi connectivity index (χ3n) is 4.98. The summed E-state index contributed by atoms with van der Waals surface area (Å²) in [6, 6.07) is 0. The van der Waals surface area contributed by atoms with Crippen LogP contribution in [0.25, 0.3) is 0 Å². The first-order chi connectivity index (χ1) is 10.0. The molecule has 0 bridgehead atoms. The van der Waals surface area contributed by atoms with Gasteiger partial charge >= 0.3 is 0 Å². The fourth-order valence-corrected chi connectivity index (χ4v) is 3.90. The predicted octanol–water partition coefficient (Wildman–Crippen LogP) is 1.81. The first-order valence-corrected chi connectivity index (χ1v) is 8.73. The zero-order valence-electron chi connectivity index (χ0n) is 14.1. The zero-order chi connectivity index (χ0) is 15.2. The normalized spacial score (nSPS) is 29.5. The van der Waals surface area contributed by atoms with Gasteiger partial charge in [-0.15, -0.1) is 0 Å². The second-order valence-electron chi connectivity index (χ2n) is 7.43. The van der Waals surface area contributed by atoms with Crippen molar-refractivity contribution in [3.05, 3.63) is 0 Å². The molecule has 0 aromatic carbocycles. The minimum Gasteiger partial charge on any atom is -0.356 e. The Morgan fingerprint density at radius 1 is 1.14 bits per heavy atom. The number of carbonyl (C=O) groups is 1. The van der Waals surface area contributed by atoms with Gasteiger partial charge in [0.15, 0.2) is 0 Å². The Labute approximate surface area is 130 Å². The van der Waals surface area contributed by atoms with Crippen LogP contribution in [0, 0.1) is 17.8 Å². The topological polar surface area (TPSA) is 35.6 Å². The SMILES string of the molecule is C[C@@H]1C[C@H](C)CN(CCCNC(=O)C2CCN(C)CC2)C1. The van der Waals surface area contributed by atoms with Gasteiger partial charge in [-0.2, -0.15) is 0 Å². The smallest absolute Gasteiger partial charge is 0.223 e. The first-order valence-electron chi connectivity index (χ1n) is 8.73. The van der Waals surface area contributed by atoms with E-state index in [1.807, 2.05) is 0 Å². The number of amides is 1. The average molecular weight is 295 g/mol. The second-order valence-corrected chi connectivity index (χ2v) is 7.43. The van der Waals surface area contributed by atoms with Gasteiger partial charge in [0.2, 0.25) is 5.91 Å². The Balaban J connectivity index is 1.58. The van der Waals surface area contributed by atoms with Crippen LogP contribution >= 0.6 is 0 Å². The quantitative estimate of drug-likeness (QED) is 0.786. The average Bonchev–Trinajstić information content (AvgIpc) is 2.43. The maximum Gasteiger partial charge on any atom is 0.223 e. The van der Waals surface area contributed by atoms with Gasteiger partial charge in [-0.3, -0.25) is 4.79 Å². The summed E-state index contributed by atoms with van der Waals surface area (Å²) in [5.41, 5.74) is 0. The van der Waals surface area contributed by atoms with Gasteiger partial charge in [0.05, 0.1) is 0 Å². The molecule has 0 spiro atoms. The zero-order valence-corrected chi connectivity index (χ0v) is 14.1. The molecule has 2 heterocycles. The lowest BCUT2D eigenvalue weighted by Crippen LogP contribution is -2.41. The number of carbonyl (C=O) groups excluding carboxylic acids is 1. The molecule has 0 radical (unpaired) electrons. The van der Waals surface area contributed by atoms with Gasteiger partial charge in [0, 0.05) is 25.6 Å². The van der Waals surface area contributed by atoms with Gasteiger partial charge in [0.25, 0.3) is 0 Å². The van der Waals surface area contributed by atoms with E-state index < -0.39 is 0 Å². The van der Waals surface area contributed by atoms with Crippen molar-refractivity contribution in [1.82, 2.24) is 15.1 Å². The lowest BCUT2D eigenvalue weighted by Gasteiger charge is -2.35. The van der Waals surface area contributed by atoms with Crippen LogP contribution in [0.3, 0.4) is 0 Å². The molecule has 4 heteroatoms. The molecule has 2 aliphatic rings. The van der Waals surface area contributed by atoms with Gasteiger partial charge in [0.1, 0.15) is 0 Å². The van der Waals surface area contributed by atoms with E-state index in [4.69, 9.17) is 0 Å². The molecule has 21 heavy (non-hydrogen) atoms. The van der Waals surface area contributed by atoms with Crippen molar-refractivity contribution in [2.24, 2.45) is 17.8 Å². The third kappa shape index (κ3) is 5.59. The van der Waals surface area contributed by atoms with Crippen molar-refractivity contribution in [3.8, 4) is 0 Å². The molecule has 0 aromatic rings. The monoisotopic (exact) mass is 295 g/mol. The molecule has 1 amide bonds. The van der Waals surface area contributed by atoms with E-state index in [9.17, 15) is 4.79 Å². The van der Waals surface area contributed by atoms with E-state index in [0.717, 1.165) is 57.3 Å². The molecule has 0 aliphatic carbocycles. The minimum absolute atomic E-state index is 0.247. The van der Waals surface area contributed by atoms with Crippen molar-refractivity contribution in [2.75, 3.05) is 46.3 Å². The predicted molar refractivity (Wildman–Crippen MR) is 87.2 cm³/mol. The van der Waals surface area contributed by atoms with Crippen LogP contribution in [0.2, 0.25) is 0 Å². The van der Waals surface area contributed by atoms with Crippen molar-refractivity contribution >= 4 is 5.91 Å². The van der Waals surface area contributed by atoms with Gasteiger partial charge < -0.3 is 15.1 Å². The summed E-state index contributed by atoms with van der Waals surface area (Å²) in [5.74, 6) is 2.17. The van der Waals surface area contributed by atoms with E-state index in [1.165, 1.54) is 19.5 Å². The fourth-order valence-electron chi connectivity index (χ4n) is 3.90. The molecule has 2 fully saturated rings. The summed E-state index contributed by atoms with van der Waals surface area (Å²) >= 11 is 0. The number of rotatable bonds is 5. The second kappa shape index (κ2) is 8.14. The molecule has 122 valence electrons. The number of piperidine rings is 2.